The van der Waals surface area contributed by atoms with E-state index in [9.17, 15) is 5.11 Å². The summed E-state index contributed by atoms with van der Waals surface area (Å²) in [4.78, 5) is 1.27. The average molecular weight is 236 g/mol. The molecule has 1 aromatic carbocycles. The molecule has 2 heteroatoms. The van der Waals surface area contributed by atoms with Gasteiger partial charge in [-0.3, -0.25) is 0 Å². The first-order valence-corrected chi connectivity index (χ1v) is 6.70. The standard InChI is InChI=1S/C14H20OS/c1-3-4-5-9-13(15)11-16-14-10-7-6-8-12(14)2/h3,6-8,10,13,15H,1,4-5,9,11H2,2H3. The minimum Gasteiger partial charge on any atom is -0.392 e. The number of aryl methyl sites for hydroxylation is 1. The summed E-state index contributed by atoms with van der Waals surface area (Å²) in [6.45, 7) is 5.78. The van der Waals surface area contributed by atoms with Crippen LogP contribution in [0.5, 0.6) is 0 Å². The molecule has 1 unspecified atom stereocenters. The summed E-state index contributed by atoms with van der Waals surface area (Å²) in [5.74, 6) is 0.780. The maximum atomic E-state index is 9.77. The van der Waals surface area contributed by atoms with Gasteiger partial charge in [-0.25, -0.2) is 0 Å². The highest BCUT2D eigenvalue weighted by molar-refractivity contribution is 7.99. The van der Waals surface area contributed by atoms with Crippen LogP contribution in [0, 0.1) is 6.92 Å². The largest absolute Gasteiger partial charge is 0.392 e. The zero-order chi connectivity index (χ0) is 11.8. The molecule has 16 heavy (non-hydrogen) atoms. The van der Waals surface area contributed by atoms with E-state index < -0.39 is 0 Å². The summed E-state index contributed by atoms with van der Waals surface area (Å²) < 4.78 is 0. The Hall–Kier alpha value is -0.730. The van der Waals surface area contributed by atoms with Crippen molar-refractivity contribution in [3.63, 3.8) is 0 Å². The van der Waals surface area contributed by atoms with E-state index in [2.05, 4.69) is 25.6 Å². The Morgan fingerprint density at radius 1 is 1.44 bits per heavy atom. The van der Waals surface area contributed by atoms with Gasteiger partial charge in [0.05, 0.1) is 6.10 Å². The second-order valence-electron chi connectivity index (χ2n) is 3.95. The van der Waals surface area contributed by atoms with Crippen molar-refractivity contribution in [2.75, 3.05) is 5.75 Å². The van der Waals surface area contributed by atoms with Crippen molar-refractivity contribution in [3.8, 4) is 0 Å². The summed E-state index contributed by atoms with van der Waals surface area (Å²) in [7, 11) is 0. The molecule has 88 valence electrons. The highest BCUT2D eigenvalue weighted by Gasteiger charge is 2.05. The average Bonchev–Trinajstić information content (AvgIpc) is 2.28. The lowest BCUT2D eigenvalue weighted by Gasteiger charge is -2.10. The van der Waals surface area contributed by atoms with E-state index in [0.717, 1.165) is 25.0 Å². The Balaban J connectivity index is 2.28. The second kappa shape index (κ2) is 7.53. The number of hydrogen-bond donors (Lipinski definition) is 1. The lowest BCUT2D eigenvalue weighted by Crippen LogP contribution is -2.09. The molecule has 1 rings (SSSR count). The van der Waals surface area contributed by atoms with Gasteiger partial charge in [-0.1, -0.05) is 24.3 Å². The van der Waals surface area contributed by atoms with E-state index in [1.54, 1.807) is 11.8 Å². The van der Waals surface area contributed by atoms with Crippen LogP contribution in [0.1, 0.15) is 24.8 Å². The number of rotatable bonds is 7. The molecule has 0 amide bonds. The van der Waals surface area contributed by atoms with Crippen LogP contribution in [0.4, 0.5) is 0 Å². The fraction of sp³-hybridized carbons (Fsp3) is 0.429. The Labute approximate surface area is 103 Å². The van der Waals surface area contributed by atoms with E-state index in [-0.39, 0.29) is 6.10 Å². The monoisotopic (exact) mass is 236 g/mol. The van der Waals surface area contributed by atoms with E-state index >= 15 is 0 Å². The molecule has 0 aromatic heterocycles. The fourth-order valence-electron chi connectivity index (χ4n) is 1.49. The van der Waals surface area contributed by atoms with Crippen LogP contribution in [0.3, 0.4) is 0 Å². The Morgan fingerprint density at radius 2 is 2.19 bits per heavy atom. The third-order valence-corrected chi connectivity index (χ3v) is 3.79. The Bertz CT molecular complexity index is 322. The summed E-state index contributed by atoms with van der Waals surface area (Å²) in [5, 5.41) is 9.77. The lowest BCUT2D eigenvalue weighted by molar-refractivity contribution is 0.186. The first-order valence-electron chi connectivity index (χ1n) is 5.71. The minimum atomic E-state index is -0.204. The maximum Gasteiger partial charge on any atom is 0.0634 e. The van der Waals surface area contributed by atoms with Crippen molar-refractivity contribution >= 4 is 11.8 Å². The van der Waals surface area contributed by atoms with E-state index in [4.69, 9.17) is 0 Å². The number of aliphatic hydroxyl groups is 1. The molecular formula is C14H20OS. The molecule has 1 atom stereocenters. The van der Waals surface area contributed by atoms with Crippen LogP contribution in [0.25, 0.3) is 0 Å². The second-order valence-corrected chi connectivity index (χ2v) is 5.01. The van der Waals surface area contributed by atoms with Crippen LogP contribution in [0.2, 0.25) is 0 Å². The molecule has 0 fully saturated rings. The molecule has 0 saturated carbocycles. The number of hydrogen-bond acceptors (Lipinski definition) is 2. The Kier molecular flexibility index (Phi) is 6.27. The van der Waals surface area contributed by atoms with Crippen LogP contribution in [0.15, 0.2) is 41.8 Å². The number of allylic oxidation sites excluding steroid dienone is 1. The van der Waals surface area contributed by atoms with Crippen molar-refractivity contribution in [3.05, 3.63) is 42.5 Å². The topological polar surface area (TPSA) is 20.2 Å². The van der Waals surface area contributed by atoms with Crippen LogP contribution in [-0.2, 0) is 0 Å². The molecule has 0 aliphatic carbocycles. The van der Waals surface area contributed by atoms with Crippen molar-refractivity contribution < 1.29 is 5.11 Å². The minimum absolute atomic E-state index is 0.204. The third kappa shape index (κ3) is 4.86. The molecule has 0 bridgehead atoms. The first kappa shape index (κ1) is 13.3. The smallest absolute Gasteiger partial charge is 0.0634 e. The fourth-order valence-corrected chi connectivity index (χ4v) is 2.49. The summed E-state index contributed by atoms with van der Waals surface area (Å²) in [6.07, 6.45) is 4.58. The van der Waals surface area contributed by atoms with Gasteiger partial charge >= 0.3 is 0 Å². The number of thioether (sulfide) groups is 1. The van der Waals surface area contributed by atoms with Crippen molar-refractivity contribution in [2.24, 2.45) is 0 Å². The highest BCUT2D eigenvalue weighted by atomic mass is 32.2. The van der Waals surface area contributed by atoms with Gasteiger partial charge in [0.2, 0.25) is 0 Å². The summed E-state index contributed by atoms with van der Waals surface area (Å²) in [5.41, 5.74) is 1.28. The predicted octanol–water partition coefficient (Wildman–Crippen LogP) is 3.80. The molecule has 1 aromatic rings. The van der Waals surface area contributed by atoms with Gasteiger partial charge in [0, 0.05) is 10.6 Å². The molecule has 0 heterocycles. The van der Waals surface area contributed by atoms with Crippen molar-refractivity contribution in [1.82, 2.24) is 0 Å². The van der Waals surface area contributed by atoms with Crippen molar-refractivity contribution in [1.29, 1.82) is 0 Å². The van der Waals surface area contributed by atoms with E-state index in [0.29, 0.717) is 0 Å². The van der Waals surface area contributed by atoms with E-state index in [1.165, 1.54) is 10.5 Å². The maximum absolute atomic E-state index is 9.77. The van der Waals surface area contributed by atoms with Crippen molar-refractivity contribution in [2.45, 2.75) is 37.2 Å². The van der Waals surface area contributed by atoms with Gasteiger partial charge in [0.15, 0.2) is 0 Å². The van der Waals surface area contributed by atoms with Gasteiger partial charge in [0.1, 0.15) is 0 Å². The quantitative estimate of drug-likeness (QED) is 0.441. The van der Waals surface area contributed by atoms with Gasteiger partial charge < -0.3 is 5.11 Å². The van der Waals surface area contributed by atoms with Crippen LogP contribution in [-0.4, -0.2) is 17.0 Å². The summed E-state index contributed by atoms with van der Waals surface area (Å²) in [6, 6.07) is 8.29. The predicted molar refractivity (Wildman–Crippen MR) is 72.0 cm³/mol. The zero-order valence-corrected chi connectivity index (χ0v) is 10.7. The molecule has 0 saturated heterocycles. The first-order chi connectivity index (χ1) is 7.74. The summed E-state index contributed by atoms with van der Waals surface area (Å²) >= 11 is 1.74. The lowest BCUT2D eigenvalue weighted by atomic mass is 10.2. The highest BCUT2D eigenvalue weighted by Crippen LogP contribution is 2.23. The molecular weight excluding hydrogens is 216 g/mol. The number of benzene rings is 1. The third-order valence-electron chi connectivity index (χ3n) is 2.47. The SMILES string of the molecule is C=CCCCC(O)CSc1ccccc1C. The molecule has 0 spiro atoms. The van der Waals surface area contributed by atoms with Gasteiger partial charge in [0.25, 0.3) is 0 Å². The normalized spacial score (nSPS) is 12.4. The molecule has 0 aliphatic rings. The van der Waals surface area contributed by atoms with Crippen LogP contribution >= 0.6 is 11.8 Å². The Morgan fingerprint density at radius 3 is 2.88 bits per heavy atom. The van der Waals surface area contributed by atoms with Crippen LogP contribution < -0.4 is 0 Å². The van der Waals surface area contributed by atoms with Gasteiger partial charge in [-0.15, -0.1) is 18.3 Å². The zero-order valence-electron chi connectivity index (χ0n) is 9.86. The van der Waals surface area contributed by atoms with E-state index in [1.807, 2.05) is 18.2 Å². The molecule has 1 nitrogen and oxygen atoms in total. The molecule has 0 aliphatic heterocycles. The number of unbranched alkanes of at least 4 members (excludes halogenated alkanes) is 1. The molecule has 0 radical (unpaired) electrons. The van der Waals surface area contributed by atoms with Gasteiger partial charge in [-0.05, 0) is 37.8 Å². The van der Waals surface area contributed by atoms with Gasteiger partial charge in [-0.2, -0.15) is 0 Å². The molecule has 1 N–H and O–H groups in total. The number of aliphatic hydroxyl groups excluding tert-OH is 1.